The van der Waals surface area contributed by atoms with Gasteiger partial charge in [0.25, 0.3) is 0 Å². The standard InChI is InChI=1S/C11H11BrINO2/c1-14-10(15)6-9(12)11(16)7-2-4-8(13)5-3-7/h2-5,9H,6H2,1H3,(H,14,15). The van der Waals surface area contributed by atoms with E-state index in [0.29, 0.717) is 5.56 Å². The molecule has 1 aromatic carbocycles. The van der Waals surface area contributed by atoms with Crippen molar-refractivity contribution in [3.05, 3.63) is 33.4 Å². The summed E-state index contributed by atoms with van der Waals surface area (Å²) in [6, 6.07) is 7.27. The molecule has 0 fully saturated rings. The Morgan fingerprint density at radius 2 is 1.94 bits per heavy atom. The van der Waals surface area contributed by atoms with Crippen LogP contribution in [0.2, 0.25) is 0 Å². The molecule has 0 spiro atoms. The molecule has 0 aromatic heterocycles. The number of carbonyl (C=O) groups is 2. The van der Waals surface area contributed by atoms with E-state index >= 15 is 0 Å². The lowest BCUT2D eigenvalue weighted by atomic mass is 10.1. The normalized spacial score (nSPS) is 11.9. The molecular formula is C11H11BrINO2. The lowest BCUT2D eigenvalue weighted by molar-refractivity contribution is -0.120. The zero-order valence-corrected chi connectivity index (χ0v) is 12.4. The molecule has 0 aliphatic rings. The number of amides is 1. The maximum absolute atomic E-state index is 11.9. The Kier molecular flexibility index (Phi) is 5.40. The van der Waals surface area contributed by atoms with Gasteiger partial charge in [-0.3, -0.25) is 9.59 Å². The summed E-state index contributed by atoms with van der Waals surface area (Å²) in [5.41, 5.74) is 0.617. The Bertz CT molecular complexity index is 391. The van der Waals surface area contributed by atoms with E-state index in [1.165, 1.54) is 0 Å². The van der Waals surface area contributed by atoms with Gasteiger partial charge in [-0.2, -0.15) is 0 Å². The van der Waals surface area contributed by atoms with E-state index in [9.17, 15) is 9.59 Å². The molecule has 3 nitrogen and oxygen atoms in total. The molecule has 16 heavy (non-hydrogen) atoms. The van der Waals surface area contributed by atoms with Crippen LogP contribution in [-0.2, 0) is 4.79 Å². The highest BCUT2D eigenvalue weighted by Gasteiger charge is 2.19. The smallest absolute Gasteiger partial charge is 0.221 e. The van der Waals surface area contributed by atoms with Crippen LogP contribution in [-0.4, -0.2) is 23.6 Å². The summed E-state index contributed by atoms with van der Waals surface area (Å²) in [6.45, 7) is 0. The third kappa shape index (κ3) is 3.86. The van der Waals surface area contributed by atoms with Crippen LogP contribution in [0.15, 0.2) is 24.3 Å². The maximum Gasteiger partial charge on any atom is 0.221 e. The van der Waals surface area contributed by atoms with Crippen molar-refractivity contribution in [2.24, 2.45) is 0 Å². The first-order chi connectivity index (χ1) is 7.54. The van der Waals surface area contributed by atoms with Crippen LogP contribution in [0.4, 0.5) is 0 Å². The highest BCUT2D eigenvalue weighted by molar-refractivity contribution is 14.1. The molecule has 86 valence electrons. The summed E-state index contributed by atoms with van der Waals surface area (Å²) in [5, 5.41) is 2.49. The van der Waals surface area contributed by atoms with Crippen molar-refractivity contribution in [3.8, 4) is 0 Å². The van der Waals surface area contributed by atoms with Crippen molar-refractivity contribution in [1.29, 1.82) is 0 Å². The Labute approximate surface area is 116 Å². The van der Waals surface area contributed by atoms with Gasteiger partial charge in [-0.25, -0.2) is 0 Å². The van der Waals surface area contributed by atoms with E-state index in [-0.39, 0.29) is 18.1 Å². The van der Waals surface area contributed by atoms with Crippen LogP contribution in [0.5, 0.6) is 0 Å². The third-order valence-electron chi connectivity index (χ3n) is 2.06. The van der Waals surface area contributed by atoms with Crippen LogP contribution in [0.1, 0.15) is 16.8 Å². The fraction of sp³-hybridized carbons (Fsp3) is 0.273. The molecule has 0 saturated carbocycles. The summed E-state index contributed by atoms with van der Waals surface area (Å²) >= 11 is 5.40. The summed E-state index contributed by atoms with van der Waals surface area (Å²) in [4.78, 5) is 22.5. The highest BCUT2D eigenvalue weighted by Crippen LogP contribution is 2.15. The van der Waals surface area contributed by atoms with Crippen molar-refractivity contribution >= 4 is 50.2 Å². The van der Waals surface area contributed by atoms with Crippen molar-refractivity contribution in [2.45, 2.75) is 11.2 Å². The van der Waals surface area contributed by atoms with E-state index in [1.807, 2.05) is 12.1 Å². The number of alkyl halides is 1. The third-order valence-corrected chi connectivity index (χ3v) is 3.52. The number of carbonyl (C=O) groups excluding carboxylic acids is 2. The zero-order valence-electron chi connectivity index (χ0n) is 8.67. The average molecular weight is 396 g/mol. The van der Waals surface area contributed by atoms with Crippen LogP contribution in [0.3, 0.4) is 0 Å². The van der Waals surface area contributed by atoms with Gasteiger partial charge < -0.3 is 5.32 Å². The Balaban J connectivity index is 2.70. The molecule has 1 aromatic rings. The number of Topliss-reactive ketones (excluding diaryl/α,β-unsaturated/α-hetero) is 1. The zero-order chi connectivity index (χ0) is 12.1. The first-order valence-electron chi connectivity index (χ1n) is 4.69. The van der Waals surface area contributed by atoms with Crippen molar-refractivity contribution in [1.82, 2.24) is 5.32 Å². The molecule has 0 radical (unpaired) electrons. The molecule has 0 aliphatic heterocycles. The Morgan fingerprint density at radius 3 is 2.44 bits per heavy atom. The fourth-order valence-electron chi connectivity index (χ4n) is 1.15. The number of halogens is 2. The van der Waals surface area contributed by atoms with Crippen LogP contribution in [0.25, 0.3) is 0 Å². The first-order valence-corrected chi connectivity index (χ1v) is 6.68. The average Bonchev–Trinajstić information content (AvgIpc) is 2.28. The summed E-state index contributed by atoms with van der Waals surface area (Å²) in [6.07, 6.45) is 0.154. The largest absolute Gasteiger partial charge is 0.359 e. The number of hydrogen-bond donors (Lipinski definition) is 1. The molecule has 1 unspecified atom stereocenters. The molecule has 0 heterocycles. The molecule has 0 bridgehead atoms. The number of ketones is 1. The summed E-state index contributed by atoms with van der Waals surface area (Å²) in [5.74, 6) is -0.222. The SMILES string of the molecule is CNC(=O)CC(Br)C(=O)c1ccc(I)cc1. The predicted octanol–water partition coefficient (Wildman–Crippen LogP) is 2.37. The second kappa shape index (κ2) is 6.34. The molecule has 1 atom stereocenters. The van der Waals surface area contributed by atoms with Gasteiger partial charge in [-0.15, -0.1) is 0 Å². The summed E-state index contributed by atoms with van der Waals surface area (Å²) in [7, 11) is 1.55. The lowest BCUT2D eigenvalue weighted by Gasteiger charge is -2.07. The van der Waals surface area contributed by atoms with Gasteiger partial charge in [-0.1, -0.05) is 28.1 Å². The number of rotatable bonds is 4. The quantitative estimate of drug-likeness (QED) is 0.483. The monoisotopic (exact) mass is 395 g/mol. The van der Waals surface area contributed by atoms with Crippen molar-refractivity contribution < 1.29 is 9.59 Å². The van der Waals surface area contributed by atoms with Crippen molar-refractivity contribution in [2.75, 3.05) is 7.05 Å². The van der Waals surface area contributed by atoms with Gasteiger partial charge in [0.15, 0.2) is 5.78 Å². The van der Waals surface area contributed by atoms with Gasteiger partial charge in [0.2, 0.25) is 5.91 Å². The van der Waals surface area contributed by atoms with Crippen LogP contribution >= 0.6 is 38.5 Å². The van der Waals surface area contributed by atoms with Gasteiger partial charge in [0, 0.05) is 22.6 Å². The van der Waals surface area contributed by atoms with Crippen LogP contribution in [0, 0.1) is 3.57 Å². The number of benzene rings is 1. The van der Waals surface area contributed by atoms with E-state index in [1.54, 1.807) is 19.2 Å². The maximum atomic E-state index is 11.9. The molecule has 1 rings (SSSR count). The molecule has 5 heteroatoms. The lowest BCUT2D eigenvalue weighted by Crippen LogP contribution is -2.25. The van der Waals surface area contributed by atoms with Crippen molar-refractivity contribution in [3.63, 3.8) is 0 Å². The second-order valence-corrected chi connectivity index (χ2v) is 5.57. The number of nitrogens with one attached hydrogen (secondary N) is 1. The minimum absolute atomic E-state index is 0.0694. The molecule has 1 amide bonds. The number of hydrogen-bond acceptors (Lipinski definition) is 2. The predicted molar refractivity (Wildman–Crippen MR) is 74.9 cm³/mol. The van der Waals surface area contributed by atoms with Gasteiger partial charge in [0.1, 0.15) is 0 Å². The van der Waals surface area contributed by atoms with E-state index in [4.69, 9.17) is 0 Å². The Hall–Kier alpha value is -0.430. The highest BCUT2D eigenvalue weighted by atomic mass is 127. The van der Waals surface area contributed by atoms with Gasteiger partial charge >= 0.3 is 0 Å². The Morgan fingerprint density at radius 1 is 1.38 bits per heavy atom. The van der Waals surface area contributed by atoms with Gasteiger partial charge in [0.05, 0.1) is 4.83 Å². The molecule has 0 saturated heterocycles. The topological polar surface area (TPSA) is 46.2 Å². The van der Waals surface area contributed by atoms with Gasteiger partial charge in [-0.05, 0) is 34.7 Å². The molecule has 1 N–H and O–H groups in total. The molecular weight excluding hydrogens is 385 g/mol. The minimum atomic E-state index is -0.465. The fourth-order valence-corrected chi connectivity index (χ4v) is 2.07. The van der Waals surface area contributed by atoms with E-state index < -0.39 is 4.83 Å². The van der Waals surface area contributed by atoms with E-state index in [0.717, 1.165) is 3.57 Å². The van der Waals surface area contributed by atoms with Crippen LogP contribution < -0.4 is 5.32 Å². The summed E-state index contributed by atoms with van der Waals surface area (Å²) < 4.78 is 1.08. The molecule has 0 aliphatic carbocycles. The second-order valence-electron chi connectivity index (χ2n) is 3.22. The minimum Gasteiger partial charge on any atom is -0.359 e. The first kappa shape index (κ1) is 13.6. The van der Waals surface area contributed by atoms with E-state index in [2.05, 4.69) is 43.8 Å².